The minimum absolute atomic E-state index is 0.153. The van der Waals surface area contributed by atoms with E-state index in [0.29, 0.717) is 34.3 Å². The second-order valence-electron chi connectivity index (χ2n) is 7.02. The Kier molecular flexibility index (Phi) is 5.32. The molecule has 0 bridgehead atoms. The van der Waals surface area contributed by atoms with Crippen molar-refractivity contribution in [3.05, 3.63) is 72.1 Å². The number of sulfone groups is 1. The molecule has 0 aliphatic carbocycles. The zero-order valence-corrected chi connectivity index (χ0v) is 17.6. The fourth-order valence-corrected chi connectivity index (χ4v) is 3.80. The number of hydrogen-bond donors (Lipinski definition) is 1. The summed E-state index contributed by atoms with van der Waals surface area (Å²) in [6.07, 6.45) is 6.10. The van der Waals surface area contributed by atoms with Crippen LogP contribution in [0.3, 0.4) is 0 Å². The monoisotopic (exact) mass is 442 g/mol. The lowest BCUT2D eigenvalue weighted by atomic mass is 10.1. The molecule has 0 aliphatic heterocycles. The van der Waals surface area contributed by atoms with Gasteiger partial charge in [0.05, 0.1) is 35.2 Å². The number of aromatic nitrogens is 3. The molecule has 10 heteroatoms. The lowest BCUT2D eigenvalue weighted by Gasteiger charge is -2.15. The van der Waals surface area contributed by atoms with Crippen LogP contribution in [0, 0.1) is 5.82 Å². The molecule has 1 N–H and O–H groups in total. The Hall–Kier alpha value is -3.53. The van der Waals surface area contributed by atoms with Gasteiger partial charge < -0.3 is 9.73 Å². The highest BCUT2D eigenvalue weighted by atomic mass is 32.2. The second kappa shape index (κ2) is 7.95. The van der Waals surface area contributed by atoms with Crippen LogP contribution in [-0.2, 0) is 9.84 Å². The molecule has 0 saturated carbocycles. The molecule has 3 heterocycles. The third-order valence-corrected chi connectivity index (χ3v) is 5.79. The molecular formula is C21H19FN4O4S. The van der Waals surface area contributed by atoms with E-state index in [4.69, 9.17) is 4.42 Å². The molecule has 3 aromatic heterocycles. The summed E-state index contributed by atoms with van der Waals surface area (Å²) in [6.45, 7) is 1.85. The normalized spacial score (nSPS) is 12.7. The van der Waals surface area contributed by atoms with Crippen molar-refractivity contribution in [1.82, 2.24) is 20.1 Å². The third kappa shape index (κ3) is 4.06. The van der Waals surface area contributed by atoms with E-state index in [0.717, 1.165) is 6.26 Å². The number of halogens is 1. The van der Waals surface area contributed by atoms with Crippen molar-refractivity contribution < 1.29 is 22.0 Å². The standard InChI is InChI=1S/C21H19FN4O4S/c1-3-17(19-8-9-20(30-19)31(2,28)29)25-21(27)16-10-23-12-18-15(16)11-24-26(18)14-6-4-13(22)5-7-14/h4-12,17H,3H2,1-2H3,(H,25,27)/t17-/m0/s1. The van der Waals surface area contributed by atoms with Crippen LogP contribution in [0.15, 0.2) is 64.5 Å². The maximum atomic E-state index is 13.2. The Morgan fingerprint density at radius 1 is 1.16 bits per heavy atom. The van der Waals surface area contributed by atoms with Gasteiger partial charge in [-0.25, -0.2) is 17.5 Å². The second-order valence-corrected chi connectivity index (χ2v) is 8.96. The molecule has 4 rings (SSSR count). The molecule has 31 heavy (non-hydrogen) atoms. The maximum absolute atomic E-state index is 13.2. The van der Waals surface area contributed by atoms with Gasteiger partial charge in [-0.15, -0.1) is 0 Å². The van der Waals surface area contributed by atoms with Crippen molar-refractivity contribution >= 4 is 26.6 Å². The number of carbonyl (C=O) groups is 1. The number of pyridine rings is 1. The Morgan fingerprint density at radius 2 is 1.90 bits per heavy atom. The number of nitrogens with zero attached hydrogens (tertiary/aromatic N) is 3. The number of amides is 1. The molecule has 1 aromatic carbocycles. The van der Waals surface area contributed by atoms with Crippen LogP contribution >= 0.6 is 0 Å². The largest absolute Gasteiger partial charge is 0.448 e. The lowest BCUT2D eigenvalue weighted by Crippen LogP contribution is -2.28. The molecule has 0 aliphatic rings. The number of benzene rings is 1. The molecule has 0 radical (unpaired) electrons. The van der Waals surface area contributed by atoms with Gasteiger partial charge in [0.15, 0.2) is 0 Å². The van der Waals surface area contributed by atoms with E-state index in [1.165, 1.54) is 30.5 Å². The maximum Gasteiger partial charge on any atom is 0.254 e. The fraction of sp³-hybridized carbons (Fsp3) is 0.190. The van der Waals surface area contributed by atoms with Gasteiger partial charge in [0.2, 0.25) is 14.9 Å². The Labute approximate surface area is 177 Å². The summed E-state index contributed by atoms with van der Waals surface area (Å²) in [5.74, 6) is -0.416. The van der Waals surface area contributed by atoms with Crippen LogP contribution in [0.1, 0.15) is 35.5 Å². The van der Waals surface area contributed by atoms with E-state index >= 15 is 0 Å². The molecule has 160 valence electrons. The Bertz CT molecular complexity index is 1360. The summed E-state index contributed by atoms with van der Waals surface area (Å²) >= 11 is 0. The average Bonchev–Trinajstić information content (AvgIpc) is 3.39. The zero-order chi connectivity index (χ0) is 22.2. The van der Waals surface area contributed by atoms with Gasteiger partial charge >= 0.3 is 0 Å². The van der Waals surface area contributed by atoms with Gasteiger partial charge in [0, 0.05) is 17.8 Å². The number of carbonyl (C=O) groups excluding carboxylic acids is 1. The van der Waals surface area contributed by atoms with E-state index in [2.05, 4.69) is 15.4 Å². The number of furan rings is 1. The van der Waals surface area contributed by atoms with E-state index in [1.54, 1.807) is 29.2 Å². The van der Waals surface area contributed by atoms with Crippen molar-refractivity contribution in [1.29, 1.82) is 0 Å². The summed E-state index contributed by atoms with van der Waals surface area (Å²) in [4.78, 5) is 17.2. The van der Waals surface area contributed by atoms with Crippen molar-refractivity contribution in [3.8, 4) is 5.69 Å². The molecule has 8 nitrogen and oxygen atoms in total. The van der Waals surface area contributed by atoms with Gasteiger partial charge in [-0.3, -0.25) is 9.78 Å². The molecule has 0 spiro atoms. The van der Waals surface area contributed by atoms with E-state index in [1.807, 2.05) is 6.92 Å². The first-order chi connectivity index (χ1) is 14.8. The van der Waals surface area contributed by atoms with Gasteiger partial charge in [0.1, 0.15) is 11.6 Å². The predicted molar refractivity (Wildman–Crippen MR) is 111 cm³/mol. The Morgan fingerprint density at radius 3 is 2.55 bits per heavy atom. The molecule has 1 amide bonds. The average molecular weight is 442 g/mol. The highest BCUT2D eigenvalue weighted by molar-refractivity contribution is 7.90. The predicted octanol–water partition coefficient (Wildman–Crippen LogP) is 3.44. The number of hydrogen-bond acceptors (Lipinski definition) is 6. The van der Waals surface area contributed by atoms with Gasteiger partial charge in [-0.05, 0) is 42.8 Å². The van der Waals surface area contributed by atoms with Crippen molar-refractivity contribution in [2.75, 3.05) is 6.26 Å². The highest BCUT2D eigenvalue weighted by Crippen LogP contribution is 2.25. The van der Waals surface area contributed by atoms with E-state index in [9.17, 15) is 17.6 Å². The van der Waals surface area contributed by atoms with Crippen LogP contribution < -0.4 is 5.32 Å². The Balaban J connectivity index is 1.64. The van der Waals surface area contributed by atoms with Gasteiger partial charge in [-0.2, -0.15) is 5.10 Å². The number of nitrogens with one attached hydrogen (secondary N) is 1. The molecule has 1 atom stereocenters. The fourth-order valence-electron chi connectivity index (χ4n) is 3.24. The first-order valence-electron chi connectivity index (χ1n) is 9.46. The summed E-state index contributed by atoms with van der Waals surface area (Å²) < 4.78 is 43.6. The summed E-state index contributed by atoms with van der Waals surface area (Å²) in [5.41, 5.74) is 1.52. The van der Waals surface area contributed by atoms with Crippen LogP contribution in [0.4, 0.5) is 4.39 Å². The molecule has 0 unspecified atom stereocenters. The van der Waals surface area contributed by atoms with E-state index in [-0.39, 0.29) is 10.9 Å². The molecule has 0 saturated heterocycles. The van der Waals surface area contributed by atoms with Crippen LogP contribution in [-0.4, -0.2) is 35.3 Å². The SMILES string of the molecule is CC[C@H](NC(=O)c1cncc2c1cnn2-c1ccc(F)cc1)c1ccc(S(C)(=O)=O)o1. The van der Waals surface area contributed by atoms with Crippen molar-refractivity contribution in [2.24, 2.45) is 0 Å². The third-order valence-electron chi connectivity index (χ3n) is 4.84. The first kappa shape index (κ1) is 20.7. The van der Waals surface area contributed by atoms with Crippen molar-refractivity contribution in [3.63, 3.8) is 0 Å². The first-order valence-corrected chi connectivity index (χ1v) is 11.4. The van der Waals surface area contributed by atoms with E-state index < -0.39 is 21.8 Å². The van der Waals surface area contributed by atoms with Gasteiger partial charge in [-0.1, -0.05) is 6.92 Å². The van der Waals surface area contributed by atoms with Crippen molar-refractivity contribution in [2.45, 2.75) is 24.5 Å². The smallest absolute Gasteiger partial charge is 0.254 e. The van der Waals surface area contributed by atoms with Crippen LogP contribution in [0.2, 0.25) is 0 Å². The number of rotatable bonds is 6. The molecule has 4 aromatic rings. The van der Waals surface area contributed by atoms with Gasteiger partial charge in [0.25, 0.3) is 5.91 Å². The summed E-state index contributed by atoms with van der Waals surface area (Å²) in [5, 5.41) is 7.59. The zero-order valence-electron chi connectivity index (χ0n) is 16.7. The summed E-state index contributed by atoms with van der Waals surface area (Å²) in [7, 11) is -3.48. The minimum atomic E-state index is -3.48. The van der Waals surface area contributed by atoms with Crippen LogP contribution in [0.25, 0.3) is 16.6 Å². The topological polar surface area (TPSA) is 107 Å². The molecule has 0 fully saturated rings. The van der Waals surface area contributed by atoms with Crippen LogP contribution in [0.5, 0.6) is 0 Å². The summed E-state index contributed by atoms with van der Waals surface area (Å²) in [6, 6.07) is 8.20. The highest BCUT2D eigenvalue weighted by Gasteiger charge is 2.22. The minimum Gasteiger partial charge on any atom is -0.448 e. The lowest BCUT2D eigenvalue weighted by molar-refractivity contribution is 0.0930. The molecular weight excluding hydrogens is 423 g/mol. The number of fused-ring (bicyclic) bond motifs is 1. The quantitative estimate of drug-likeness (QED) is 0.490.